The molecule has 0 aliphatic heterocycles. The van der Waals surface area contributed by atoms with E-state index in [0.29, 0.717) is 0 Å². The van der Waals surface area contributed by atoms with Gasteiger partial charge in [0, 0.05) is 7.05 Å². The molecule has 3 N–H and O–H groups in total. The van der Waals surface area contributed by atoms with E-state index in [4.69, 9.17) is 5.73 Å². The van der Waals surface area contributed by atoms with Gasteiger partial charge in [-0.2, -0.15) is 0 Å². The van der Waals surface area contributed by atoms with Gasteiger partial charge in [0.25, 0.3) is 0 Å². The predicted octanol–water partition coefficient (Wildman–Crippen LogP) is 0.191. The lowest BCUT2D eigenvalue weighted by Gasteiger charge is -2.03. The van der Waals surface area contributed by atoms with Gasteiger partial charge in [-0.3, -0.25) is 4.79 Å². The van der Waals surface area contributed by atoms with Crippen LogP contribution in [0.3, 0.4) is 0 Å². The first-order valence-electron chi connectivity index (χ1n) is 5.56. The number of carbonyl (C=O) groups excluding carboxylic acids is 1. The van der Waals surface area contributed by atoms with Crippen LogP contribution in [-0.4, -0.2) is 28.5 Å². The maximum Gasteiger partial charge on any atom is 0.231 e. The van der Waals surface area contributed by atoms with E-state index >= 15 is 0 Å². The fraction of sp³-hybridized carbons (Fsp3) is 0.333. The zero-order valence-electron chi connectivity index (χ0n) is 9.81. The molecule has 0 radical (unpaired) electrons. The third-order valence-corrected chi connectivity index (χ3v) is 2.68. The fourth-order valence-corrected chi connectivity index (χ4v) is 1.78. The molecular weight excluding hydrogens is 216 g/mol. The zero-order valence-corrected chi connectivity index (χ0v) is 9.81. The van der Waals surface area contributed by atoms with Gasteiger partial charge in [-0.15, -0.1) is 0 Å². The topological polar surface area (TPSA) is 72.9 Å². The van der Waals surface area contributed by atoms with Crippen molar-refractivity contribution in [3.63, 3.8) is 0 Å². The van der Waals surface area contributed by atoms with Crippen LogP contribution in [0.5, 0.6) is 0 Å². The van der Waals surface area contributed by atoms with E-state index in [-0.39, 0.29) is 12.5 Å². The lowest BCUT2D eigenvalue weighted by atomic mass is 10.1. The van der Waals surface area contributed by atoms with Crippen molar-refractivity contribution >= 4 is 16.9 Å². The predicted molar refractivity (Wildman–Crippen MR) is 66.5 cm³/mol. The number of nitrogens with zero attached hydrogens (tertiary/aromatic N) is 2. The van der Waals surface area contributed by atoms with Crippen molar-refractivity contribution in [2.45, 2.75) is 6.42 Å². The number of hydrogen-bond donors (Lipinski definition) is 2. The highest BCUT2D eigenvalue weighted by molar-refractivity contribution is 5.76. The van der Waals surface area contributed by atoms with Crippen LogP contribution in [0.15, 0.2) is 24.5 Å². The monoisotopic (exact) mass is 232 g/mol. The van der Waals surface area contributed by atoms with Gasteiger partial charge < -0.3 is 15.6 Å². The van der Waals surface area contributed by atoms with Gasteiger partial charge in [0.1, 0.15) is 0 Å². The van der Waals surface area contributed by atoms with Crippen LogP contribution in [-0.2, 0) is 18.3 Å². The van der Waals surface area contributed by atoms with Crippen molar-refractivity contribution < 1.29 is 4.79 Å². The van der Waals surface area contributed by atoms with Crippen LogP contribution in [0.4, 0.5) is 0 Å². The third kappa shape index (κ3) is 2.82. The molecule has 0 atom stereocenters. The summed E-state index contributed by atoms with van der Waals surface area (Å²) in [6.45, 7) is 0.965. The molecule has 0 aliphatic rings. The van der Waals surface area contributed by atoms with Gasteiger partial charge in [0.05, 0.1) is 23.9 Å². The summed E-state index contributed by atoms with van der Waals surface area (Å²) < 4.78 is 1.99. The van der Waals surface area contributed by atoms with Gasteiger partial charge in [-0.1, -0.05) is 6.07 Å². The average molecular weight is 232 g/mol. The molecule has 90 valence electrons. The molecule has 0 saturated carbocycles. The largest absolute Gasteiger partial charge is 0.369 e. The molecule has 1 aromatic heterocycles. The Labute approximate surface area is 99.6 Å². The summed E-state index contributed by atoms with van der Waals surface area (Å²) >= 11 is 0. The normalized spacial score (nSPS) is 10.9. The lowest BCUT2D eigenvalue weighted by molar-refractivity contribution is -0.117. The number of rotatable bonds is 5. The summed E-state index contributed by atoms with van der Waals surface area (Å²) in [5.74, 6) is -0.329. The summed E-state index contributed by atoms with van der Waals surface area (Å²) in [6, 6.07) is 6.21. The first kappa shape index (κ1) is 11.6. The van der Waals surface area contributed by atoms with Crippen LogP contribution >= 0.6 is 0 Å². The molecule has 0 saturated heterocycles. The van der Waals surface area contributed by atoms with E-state index in [0.717, 1.165) is 24.0 Å². The number of primary amides is 1. The first-order chi connectivity index (χ1) is 8.16. The molecule has 1 aromatic carbocycles. The Hall–Kier alpha value is -1.88. The van der Waals surface area contributed by atoms with Gasteiger partial charge in [-0.05, 0) is 30.7 Å². The number of hydrogen-bond acceptors (Lipinski definition) is 3. The number of carbonyl (C=O) groups is 1. The molecule has 17 heavy (non-hydrogen) atoms. The molecule has 0 aliphatic carbocycles. The standard InChI is InChI=1S/C12H16N4O/c1-16-8-15-10-6-9(2-3-11(10)16)4-5-14-7-12(13)17/h2-3,6,8,14H,4-5,7H2,1H3,(H2,13,17). The molecule has 0 fully saturated rings. The van der Waals surface area contributed by atoms with Crippen LogP contribution < -0.4 is 11.1 Å². The van der Waals surface area contributed by atoms with Gasteiger partial charge in [-0.25, -0.2) is 4.98 Å². The Morgan fingerprint density at radius 2 is 2.35 bits per heavy atom. The number of aromatic nitrogens is 2. The minimum atomic E-state index is -0.329. The van der Waals surface area contributed by atoms with E-state index in [1.807, 2.05) is 11.6 Å². The Morgan fingerprint density at radius 3 is 3.12 bits per heavy atom. The Kier molecular flexibility index (Phi) is 3.39. The van der Waals surface area contributed by atoms with Crippen molar-refractivity contribution in [2.75, 3.05) is 13.1 Å². The van der Waals surface area contributed by atoms with E-state index in [2.05, 4.69) is 28.5 Å². The molecule has 5 heteroatoms. The Bertz CT molecular complexity index is 532. The highest BCUT2D eigenvalue weighted by Crippen LogP contribution is 2.13. The molecule has 0 unspecified atom stereocenters. The van der Waals surface area contributed by atoms with Crippen molar-refractivity contribution in [1.29, 1.82) is 0 Å². The van der Waals surface area contributed by atoms with Crippen molar-refractivity contribution in [2.24, 2.45) is 12.8 Å². The summed E-state index contributed by atoms with van der Waals surface area (Å²) in [4.78, 5) is 14.8. The van der Waals surface area contributed by atoms with E-state index in [1.165, 1.54) is 5.56 Å². The minimum Gasteiger partial charge on any atom is -0.369 e. The summed E-state index contributed by atoms with van der Waals surface area (Å²) in [5, 5.41) is 2.99. The van der Waals surface area contributed by atoms with Crippen LogP contribution in [0.1, 0.15) is 5.56 Å². The molecule has 1 amide bonds. The zero-order chi connectivity index (χ0) is 12.3. The molecule has 5 nitrogen and oxygen atoms in total. The smallest absolute Gasteiger partial charge is 0.231 e. The first-order valence-corrected chi connectivity index (χ1v) is 5.56. The summed E-state index contributed by atoms with van der Waals surface area (Å²) in [6.07, 6.45) is 2.67. The fourth-order valence-electron chi connectivity index (χ4n) is 1.78. The van der Waals surface area contributed by atoms with Crippen molar-refractivity contribution in [3.8, 4) is 0 Å². The summed E-state index contributed by atoms with van der Waals surface area (Å²) in [7, 11) is 1.98. The second-order valence-corrected chi connectivity index (χ2v) is 4.07. The molecular formula is C12H16N4O. The number of imidazole rings is 1. The van der Waals surface area contributed by atoms with Crippen LogP contribution in [0, 0.1) is 0 Å². The molecule has 1 heterocycles. The van der Waals surface area contributed by atoms with Crippen LogP contribution in [0.25, 0.3) is 11.0 Å². The number of fused-ring (bicyclic) bond motifs is 1. The highest BCUT2D eigenvalue weighted by atomic mass is 16.1. The SMILES string of the molecule is Cn1cnc2cc(CCNCC(N)=O)ccc21. The maximum absolute atomic E-state index is 10.5. The number of nitrogens with two attached hydrogens (primary N) is 1. The maximum atomic E-state index is 10.5. The molecule has 0 bridgehead atoms. The van der Waals surface area contributed by atoms with E-state index in [1.54, 1.807) is 6.33 Å². The van der Waals surface area contributed by atoms with Gasteiger partial charge in [0.15, 0.2) is 0 Å². The Balaban J connectivity index is 1.97. The highest BCUT2D eigenvalue weighted by Gasteiger charge is 2.01. The van der Waals surface area contributed by atoms with Gasteiger partial charge in [0.2, 0.25) is 5.91 Å². The third-order valence-electron chi connectivity index (χ3n) is 2.68. The molecule has 2 aromatic rings. The summed E-state index contributed by atoms with van der Waals surface area (Å²) in [5.41, 5.74) is 8.36. The van der Waals surface area contributed by atoms with Crippen molar-refractivity contribution in [1.82, 2.24) is 14.9 Å². The molecule has 2 rings (SSSR count). The van der Waals surface area contributed by atoms with Crippen molar-refractivity contribution in [3.05, 3.63) is 30.1 Å². The second-order valence-electron chi connectivity index (χ2n) is 4.07. The quantitative estimate of drug-likeness (QED) is 0.723. The number of benzene rings is 1. The number of amides is 1. The minimum absolute atomic E-state index is 0.228. The molecule has 0 spiro atoms. The lowest BCUT2D eigenvalue weighted by Crippen LogP contribution is -2.29. The van der Waals surface area contributed by atoms with E-state index in [9.17, 15) is 4.79 Å². The average Bonchev–Trinajstić information content (AvgIpc) is 2.66. The number of aryl methyl sites for hydroxylation is 1. The van der Waals surface area contributed by atoms with Crippen LogP contribution in [0.2, 0.25) is 0 Å². The number of nitrogens with one attached hydrogen (secondary N) is 1. The Morgan fingerprint density at radius 1 is 1.53 bits per heavy atom. The van der Waals surface area contributed by atoms with E-state index < -0.39 is 0 Å². The second kappa shape index (κ2) is 4.97. The van der Waals surface area contributed by atoms with Gasteiger partial charge >= 0.3 is 0 Å².